The van der Waals surface area contributed by atoms with Crippen LogP contribution in [-0.2, 0) is 4.79 Å². The van der Waals surface area contributed by atoms with Gasteiger partial charge in [0.15, 0.2) is 0 Å². The van der Waals surface area contributed by atoms with Gasteiger partial charge >= 0.3 is 5.97 Å². The first kappa shape index (κ1) is 8.64. The minimum atomic E-state index is -0.940. The summed E-state index contributed by atoms with van der Waals surface area (Å²) in [6, 6.07) is 3.59. The molecule has 0 spiro atoms. The molecule has 1 aromatic heterocycles. The van der Waals surface area contributed by atoms with Gasteiger partial charge in [-0.25, -0.2) is 4.79 Å². The molecule has 0 radical (unpaired) electrons. The van der Waals surface area contributed by atoms with Gasteiger partial charge in [-0.3, -0.25) is 0 Å². The number of carboxylic acid groups (broad SMARTS) is 1. The summed E-state index contributed by atoms with van der Waals surface area (Å²) in [6.45, 7) is 3.21. The summed E-state index contributed by atoms with van der Waals surface area (Å²) in [7, 11) is 0. The molecule has 0 bridgehead atoms. The molecule has 0 saturated heterocycles. The number of hydrogen-bond acceptors (Lipinski definition) is 2. The van der Waals surface area contributed by atoms with Gasteiger partial charge in [0.2, 0.25) is 0 Å². The van der Waals surface area contributed by atoms with Gasteiger partial charge < -0.3 is 15.4 Å². The van der Waals surface area contributed by atoms with Crippen LogP contribution in [-0.4, -0.2) is 21.6 Å². The monoisotopic (exact) mass is 168 g/mol. The highest BCUT2D eigenvalue weighted by Crippen LogP contribution is 2.12. The lowest BCUT2D eigenvalue weighted by molar-refractivity contribution is -0.141. The molecular formula is C8H12N2O2. The molecule has 0 amide bonds. The lowest BCUT2D eigenvalue weighted by atomic mass is 10.1. The number of H-pyrrole nitrogens is 1. The molecule has 1 aromatic rings. The van der Waals surface area contributed by atoms with Crippen LogP contribution in [0, 0.1) is 0 Å². The Kier molecular flexibility index (Phi) is 2.08. The van der Waals surface area contributed by atoms with Crippen molar-refractivity contribution in [3.63, 3.8) is 0 Å². The van der Waals surface area contributed by atoms with Gasteiger partial charge in [-0.1, -0.05) is 0 Å². The quantitative estimate of drug-likeness (QED) is 0.637. The number of aromatic nitrogens is 1. The van der Waals surface area contributed by atoms with Crippen molar-refractivity contribution in [1.82, 2.24) is 4.98 Å². The molecule has 0 aliphatic carbocycles. The molecule has 0 atom stereocenters. The third-order valence-electron chi connectivity index (χ3n) is 1.58. The lowest BCUT2D eigenvalue weighted by Crippen LogP contribution is -2.40. The van der Waals surface area contributed by atoms with Crippen LogP contribution in [0.2, 0.25) is 0 Å². The molecule has 4 nitrogen and oxygen atoms in total. The molecule has 0 aliphatic heterocycles. The van der Waals surface area contributed by atoms with Gasteiger partial charge in [0, 0.05) is 6.20 Å². The Labute approximate surface area is 70.6 Å². The maximum absolute atomic E-state index is 10.7. The van der Waals surface area contributed by atoms with Gasteiger partial charge in [-0.2, -0.15) is 0 Å². The summed E-state index contributed by atoms with van der Waals surface area (Å²) in [6.07, 6.45) is 1.74. The molecule has 0 fully saturated rings. The molecule has 3 N–H and O–H groups in total. The smallest absolute Gasteiger partial charge is 0.328 e. The van der Waals surface area contributed by atoms with Gasteiger partial charge in [0.05, 0.1) is 0 Å². The Morgan fingerprint density at radius 3 is 2.75 bits per heavy atom. The second-order valence-corrected chi connectivity index (χ2v) is 3.14. The van der Waals surface area contributed by atoms with E-state index in [0.29, 0.717) is 5.82 Å². The van der Waals surface area contributed by atoms with Crippen molar-refractivity contribution in [1.29, 1.82) is 0 Å². The van der Waals surface area contributed by atoms with Crippen molar-refractivity contribution in [3.05, 3.63) is 18.3 Å². The Morgan fingerprint density at radius 1 is 1.67 bits per heavy atom. The average Bonchev–Trinajstić information content (AvgIpc) is 2.38. The van der Waals surface area contributed by atoms with Crippen LogP contribution in [0.4, 0.5) is 5.82 Å². The van der Waals surface area contributed by atoms with E-state index >= 15 is 0 Å². The predicted octanol–water partition coefficient (Wildman–Crippen LogP) is 1.29. The van der Waals surface area contributed by atoms with E-state index < -0.39 is 11.5 Å². The van der Waals surface area contributed by atoms with Gasteiger partial charge in [-0.15, -0.1) is 0 Å². The number of rotatable bonds is 3. The summed E-state index contributed by atoms with van der Waals surface area (Å²) >= 11 is 0. The third kappa shape index (κ3) is 1.78. The van der Waals surface area contributed by atoms with Crippen molar-refractivity contribution in [2.75, 3.05) is 5.32 Å². The lowest BCUT2D eigenvalue weighted by Gasteiger charge is -2.20. The second kappa shape index (κ2) is 2.89. The number of anilines is 1. The van der Waals surface area contributed by atoms with E-state index in [4.69, 9.17) is 5.11 Å². The van der Waals surface area contributed by atoms with E-state index in [0.717, 1.165) is 0 Å². The molecule has 66 valence electrons. The van der Waals surface area contributed by atoms with Crippen molar-refractivity contribution < 1.29 is 9.90 Å². The van der Waals surface area contributed by atoms with Crippen molar-refractivity contribution >= 4 is 11.8 Å². The summed E-state index contributed by atoms with van der Waals surface area (Å²) in [5.74, 6) is -0.167. The Balaban J connectivity index is 2.69. The fourth-order valence-electron chi connectivity index (χ4n) is 0.798. The summed E-state index contributed by atoms with van der Waals surface area (Å²) in [5.41, 5.74) is -0.940. The van der Waals surface area contributed by atoms with E-state index in [2.05, 4.69) is 10.3 Å². The highest BCUT2D eigenvalue weighted by molar-refractivity contribution is 5.81. The Morgan fingerprint density at radius 2 is 2.33 bits per heavy atom. The Bertz CT molecular complexity index is 265. The van der Waals surface area contributed by atoms with Crippen molar-refractivity contribution in [3.8, 4) is 0 Å². The summed E-state index contributed by atoms with van der Waals surface area (Å²) in [5, 5.41) is 11.6. The number of carbonyl (C=O) groups is 1. The highest BCUT2D eigenvalue weighted by Gasteiger charge is 2.26. The van der Waals surface area contributed by atoms with Crippen LogP contribution in [0.3, 0.4) is 0 Å². The highest BCUT2D eigenvalue weighted by atomic mass is 16.4. The molecule has 4 heteroatoms. The van der Waals surface area contributed by atoms with E-state index in [-0.39, 0.29) is 0 Å². The standard InChI is InChI=1S/C8H12N2O2/c1-8(2,7(11)12)10-6-4-3-5-9-6/h3-5,9-10H,1-2H3,(H,11,12). The normalized spacial score (nSPS) is 11.2. The molecule has 1 heterocycles. The van der Waals surface area contributed by atoms with Crippen LogP contribution >= 0.6 is 0 Å². The van der Waals surface area contributed by atoms with E-state index in [1.54, 1.807) is 32.2 Å². The van der Waals surface area contributed by atoms with Crippen molar-refractivity contribution in [2.24, 2.45) is 0 Å². The van der Waals surface area contributed by atoms with Crippen molar-refractivity contribution in [2.45, 2.75) is 19.4 Å². The van der Waals surface area contributed by atoms with Crippen LogP contribution < -0.4 is 5.32 Å². The zero-order valence-electron chi connectivity index (χ0n) is 7.09. The zero-order chi connectivity index (χ0) is 9.19. The fourth-order valence-corrected chi connectivity index (χ4v) is 0.798. The van der Waals surface area contributed by atoms with E-state index in [9.17, 15) is 4.79 Å². The van der Waals surface area contributed by atoms with Gasteiger partial charge in [0.1, 0.15) is 11.4 Å². The minimum absolute atomic E-state index is 0.711. The number of aromatic amines is 1. The van der Waals surface area contributed by atoms with Crippen LogP contribution in [0.25, 0.3) is 0 Å². The zero-order valence-corrected chi connectivity index (χ0v) is 7.09. The van der Waals surface area contributed by atoms with Gasteiger partial charge in [0.25, 0.3) is 0 Å². The maximum Gasteiger partial charge on any atom is 0.328 e. The molecule has 0 aliphatic rings. The summed E-state index contributed by atoms with van der Waals surface area (Å²) in [4.78, 5) is 13.5. The first-order valence-corrected chi connectivity index (χ1v) is 3.67. The van der Waals surface area contributed by atoms with Gasteiger partial charge in [-0.05, 0) is 26.0 Å². The topological polar surface area (TPSA) is 65.1 Å². The third-order valence-corrected chi connectivity index (χ3v) is 1.58. The summed E-state index contributed by atoms with van der Waals surface area (Å²) < 4.78 is 0. The molecule has 12 heavy (non-hydrogen) atoms. The largest absolute Gasteiger partial charge is 0.480 e. The average molecular weight is 168 g/mol. The Hall–Kier alpha value is -1.45. The maximum atomic E-state index is 10.7. The molecule has 1 rings (SSSR count). The van der Waals surface area contributed by atoms with Crippen LogP contribution in [0.15, 0.2) is 18.3 Å². The van der Waals surface area contributed by atoms with E-state index in [1.165, 1.54) is 0 Å². The van der Waals surface area contributed by atoms with E-state index in [1.807, 2.05) is 0 Å². The number of aliphatic carboxylic acids is 1. The minimum Gasteiger partial charge on any atom is -0.480 e. The molecule has 0 aromatic carbocycles. The first-order valence-electron chi connectivity index (χ1n) is 3.67. The SMILES string of the molecule is CC(C)(Nc1ccc[nH]1)C(=O)O. The number of nitrogens with one attached hydrogen (secondary N) is 2. The number of hydrogen-bond donors (Lipinski definition) is 3. The van der Waals surface area contributed by atoms with Crippen LogP contribution in [0.1, 0.15) is 13.8 Å². The second-order valence-electron chi connectivity index (χ2n) is 3.14. The molecule has 0 saturated carbocycles. The predicted molar refractivity (Wildman–Crippen MR) is 46.1 cm³/mol. The molecular weight excluding hydrogens is 156 g/mol. The molecule has 0 unspecified atom stereocenters. The number of carboxylic acids is 1. The fraction of sp³-hybridized carbons (Fsp3) is 0.375. The first-order chi connectivity index (χ1) is 5.52. The van der Waals surface area contributed by atoms with Crippen LogP contribution in [0.5, 0.6) is 0 Å².